The van der Waals surface area contributed by atoms with Crippen molar-refractivity contribution in [3.63, 3.8) is 0 Å². The van der Waals surface area contributed by atoms with Gasteiger partial charge in [0.15, 0.2) is 0 Å². The summed E-state index contributed by atoms with van der Waals surface area (Å²) in [5.74, 6) is 2.42. The molecule has 0 bridgehead atoms. The average Bonchev–Trinajstić information content (AvgIpc) is 3.30. The van der Waals surface area contributed by atoms with Crippen LogP contribution in [0.5, 0.6) is 0 Å². The summed E-state index contributed by atoms with van der Waals surface area (Å²) in [6, 6.07) is 8.60. The van der Waals surface area contributed by atoms with E-state index in [0.717, 1.165) is 36.2 Å². The van der Waals surface area contributed by atoms with Crippen LogP contribution in [0.15, 0.2) is 28.8 Å². The third kappa shape index (κ3) is 3.99. The van der Waals surface area contributed by atoms with Gasteiger partial charge in [-0.2, -0.15) is 4.98 Å². The maximum Gasteiger partial charge on any atom is 0.226 e. The molecule has 1 aliphatic heterocycles. The van der Waals surface area contributed by atoms with Gasteiger partial charge in [-0.15, -0.1) is 0 Å². The number of benzene rings is 1. The fraction of sp³-hybridized carbons (Fsp3) is 0.579. The molecule has 0 atom stereocenters. The van der Waals surface area contributed by atoms with Gasteiger partial charge in [0.2, 0.25) is 11.7 Å². The zero-order valence-corrected chi connectivity index (χ0v) is 13.7. The van der Waals surface area contributed by atoms with Crippen molar-refractivity contribution in [2.75, 3.05) is 13.1 Å². The fourth-order valence-electron chi connectivity index (χ4n) is 3.39. The van der Waals surface area contributed by atoms with E-state index < -0.39 is 0 Å². The van der Waals surface area contributed by atoms with Gasteiger partial charge in [-0.3, -0.25) is 4.90 Å². The fourth-order valence-corrected chi connectivity index (χ4v) is 3.39. The number of aryl methyl sites for hydroxylation is 1. The van der Waals surface area contributed by atoms with Crippen LogP contribution in [0.4, 0.5) is 0 Å². The molecule has 0 spiro atoms. The number of hydrogen-bond donors (Lipinski definition) is 0. The van der Waals surface area contributed by atoms with Gasteiger partial charge in [-0.25, -0.2) is 0 Å². The molecule has 2 aromatic rings. The molecule has 4 nitrogen and oxygen atoms in total. The van der Waals surface area contributed by atoms with Gasteiger partial charge < -0.3 is 4.52 Å². The summed E-state index contributed by atoms with van der Waals surface area (Å²) in [5.41, 5.74) is 2.41. The molecule has 4 rings (SSSR count). The molecule has 2 fully saturated rings. The molecular formula is C19H25N3O. The highest BCUT2D eigenvalue weighted by molar-refractivity contribution is 5.55. The van der Waals surface area contributed by atoms with E-state index in [9.17, 15) is 0 Å². The third-order valence-corrected chi connectivity index (χ3v) is 4.97. The summed E-state index contributed by atoms with van der Waals surface area (Å²) in [5, 5.41) is 4.17. The van der Waals surface area contributed by atoms with Gasteiger partial charge in [0.05, 0.1) is 0 Å². The molecule has 1 aromatic heterocycles. The monoisotopic (exact) mass is 311 g/mol. The first-order chi connectivity index (χ1) is 11.4. The SMILES string of the molecule is c1cc(CN2CCCCC2)cc(-c2noc(CCC3CC3)n2)c1. The molecule has 0 radical (unpaired) electrons. The van der Waals surface area contributed by atoms with Crippen molar-refractivity contribution in [1.82, 2.24) is 15.0 Å². The van der Waals surface area contributed by atoms with Crippen LogP contribution < -0.4 is 0 Å². The molecule has 1 aromatic carbocycles. The number of aromatic nitrogens is 2. The predicted molar refractivity (Wildman–Crippen MR) is 89.9 cm³/mol. The first kappa shape index (κ1) is 14.9. The Morgan fingerprint density at radius 3 is 2.83 bits per heavy atom. The van der Waals surface area contributed by atoms with Crippen LogP contribution in [-0.2, 0) is 13.0 Å². The maximum absolute atomic E-state index is 5.42. The first-order valence-electron chi connectivity index (χ1n) is 9.01. The van der Waals surface area contributed by atoms with E-state index in [2.05, 4.69) is 39.3 Å². The number of hydrogen-bond acceptors (Lipinski definition) is 4. The van der Waals surface area contributed by atoms with Crippen molar-refractivity contribution in [3.8, 4) is 11.4 Å². The zero-order chi connectivity index (χ0) is 15.5. The molecule has 2 aliphatic rings. The molecule has 0 unspecified atom stereocenters. The number of rotatable bonds is 6. The van der Waals surface area contributed by atoms with Gasteiger partial charge >= 0.3 is 0 Å². The highest BCUT2D eigenvalue weighted by Gasteiger charge is 2.22. The van der Waals surface area contributed by atoms with Crippen LogP contribution in [-0.4, -0.2) is 28.1 Å². The van der Waals surface area contributed by atoms with Crippen LogP contribution in [0, 0.1) is 5.92 Å². The maximum atomic E-state index is 5.42. The lowest BCUT2D eigenvalue weighted by Gasteiger charge is -2.26. The molecule has 1 saturated carbocycles. The lowest BCUT2D eigenvalue weighted by Crippen LogP contribution is -2.29. The first-order valence-corrected chi connectivity index (χ1v) is 9.01. The van der Waals surface area contributed by atoms with Gasteiger partial charge in [-0.1, -0.05) is 42.6 Å². The summed E-state index contributed by atoms with van der Waals surface area (Å²) in [7, 11) is 0. The van der Waals surface area contributed by atoms with Crippen LogP contribution in [0.25, 0.3) is 11.4 Å². The Labute approximate surface area is 137 Å². The Balaban J connectivity index is 1.42. The molecule has 4 heteroatoms. The van der Waals surface area contributed by atoms with E-state index in [1.165, 1.54) is 57.2 Å². The second-order valence-corrected chi connectivity index (χ2v) is 7.03. The third-order valence-electron chi connectivity index (χ3n) is 4.97. The standard InChI is InChI=1S/C19H25N3O/c1-2-11-22(12-3-1)14-16-5-4-6-17(13-16)19-20-18(23-21-19)10-9-15-7-8-15/h4-6,13,15H,1-3,7-12,14H2. The van der Waals surface area contributed by atoms with Crippen molar-refractivity contribution in [3.05, 3.63) is 35.7 Å². The van der Waals surface area contributed by atoms with Crippen LogP contribution in [0.1, 0.15) is 50.0 Å². The highest BCUT2D eigenvalue weighted by Crippen LogP contribution is 2.33. The Bertz CT molecular complexity index is 642. The minimum Gasteiger partial charge on any atom is -0.339 e. The van der Waals surface area contributed by atoms with Crippen molar-refractivity contribution >= 4 is 0 Å². The van der Waals surface area contributed by atoms with Crippen LogP contribution >= 0.6 is 0 Å². The summed E-state index contributed by atoms with van der Waals surface area (Å²) in [4.78, 5) is 7.12. The Morgan fingerprint density at radius 2 is 2.00 bits per heavy atom. The van der Waals surface area contributed by atoms with Crippen LogP contribution in [0.2, 0.25) is 0 Å². The minimum absolute atomic E-state index is 0.733. The lowest BCUT2D eigenvalue weighted by molar-refractivity contribution is 0.221. The lowest BCUT2D eigenvalue weighted by atomic mass is 10.1. The topological polar surface area (TPSA) is 42.2 Å². The number of nitrogens with zero attached hydrogens (tertiary/aromatic N) is 3. The molecule has 0 N–H and O–H groups in total. The summed E-state index contributed by atoms with van der Waals surface area (Å²) in [6.45, 7) is 3.47. The minimum atomic E-state index is 0.733. The normalized spacial score (nSPS) is 19.1. The van der Waals surface area contributed by atoms with Crippen molar-refractivity contribution in [1.29, 1.82) is 0 Å². The molecule has 2 heterocycles. The number of piperidine rings is 1. The van der Waals surface area contributed by atoms with E-state index in [-0.39, 0.29) is 0 Å². The summed E-state index contributed by atoms with van der Waals surface area (Å²) in [6.07, 6.45) is 8.90. The largest absolute Gasteiger partial charge is 0.339 e. The van der Waals surface area contributed by atoms with Crippen molar-refractivity contribution in [2.24, 2.45) is 5.92 Å². The van der Waals surface area contributed by atoms with E-state index >= 15 is 0 Å². The average molecular weight is 311 g/mol. The highest BCUT2D eigenvalue weighted by atomic mass is 16.5. The quantitative estimate of drug-likeness (QED) is 0.806. The summed E-state index contributed by atoms with van der Waals surface area (Å²) < 4.78 is 5.42. The predicted octanol–water partition coefficient (Wildman–Crippen LogP) is 4.07. The molecule has 1 aliphatic carbocycles. The van der Waals surface area contributed by atoms with Gasteiger partial charge in [0, 0.05) is 18.5 Å². The second-order valence-electron chi connectivity index (χ2n) is 7.03. The smallest absolute Gasteiger partial charge is 0.226 e. The molecular weight excluding hydrogens is 286 g/mol. The Morgan fingerprint density at radius 1 is 1.13 bits per heavy atom. The van der Waals surface area contributed by atoms with E-state index in [0.29, 0.717) is 0 Å². The van der Waals surface area contributed by atoms with Crippen molar-refractivity contribution < 1.29 is 4.52 Å². The zero-order valence-electron chi connectivity index (χ0n) is 13.7. The molecule has 122 valence electrons. The summed E-state index contributed by atoms with van der Waals surface area (Å²) >= 11 is 0. The molecule has 1 saturated heterocycles. The van der Waals surface area contributed by atoms with Gasteiger partial charge in [0.1, 0.15) is 0 Å². The molecule has 23 heavy (non-hydrogen) atoms. The second kappa shape index (κ2) is 6.83. The Kier molecular flexibility index (Phi) is 4.42. The van der Waals surface area contributed by atoms with Crippen LogP contribution in [0.3, 0.4) is 0 Å². The van der Waals surface area contributed by atoms with Gasteiger partial charge in [0.25, 0.3) is 0 Å². The molecule has 0 amide bonds. The van der Waals surface area contributed by atoms with E-state index in [1.807, 2.05) is 0 Å². The van der Waals surface area contributed by atoms with Gasteiger partial charge in [-0.05, 0) is 49.9 Å². The van der Waals surface area contributed by atoms with E-state index in [1.54, 1.807) is 0 Å². The van der Waals surface area contributed by atoms with Crippen molar-refractivity contribution in [2.45, 2.75) is 51.5 Å². The number of likely N-dealkylation sites (tertiary alicyclic amines) is 1. The Hall–Kier alpha value is -1.68. The van der Waals surface area contributed by atoms with E-state index in [4.69, 9.17) is 4.52 Å².